The van der Waals surface area contributed by atoms with Gasteiger partial charge >= 0.3 is 18.2 Å². The van der Waals surface area contributed by atoms with Crippen LogP contribution in [0.5, 0.6) is 0 Å². The molecule has 0 aliphatic heterocycles. The monoisotopic (exact) mass is 273 g/mol. The van der Waals surface area contributed by atoms with Crippen molar-refractivity contribution < 1.29 is 32.7 Å². The number of oxime groups is 1. The highest BCUT2D eigenvalue weighted by atomic mass is 19.4. The van der Waals surface area contributed by atoms with E-state index in [2.05, 4.69) is 20.6 Å². The summed E-state index contributed by atoms with van der Waals surface area (Å²) >= 11 is 0. The van der Waals surface area contributed by atoms with Crippen LogP contribution >= 0.6 is 0 Å². The quantitative estimate of drug-likeness (QED) is 0.301. The Hall–Kier alpha value is -1.84. The zero-order valence-corrected chi connectivity index (χ0v) is 9.74. The van der Waals surface area contributed by atoms with Gasteiger partial charge in [-0.2, -0.15) is 13.2 Å². The van der Waals surface area contributed by atoms with Crippen LogP contribution < -0.4 is 10.6 Å². The van der Waals surface area contributed by atoms with Crippen molar-refractivity contribution >= 4 is 18.3 Å². The maximum Gasteiger partial charge on any atom is 0.490 e. The third kappa shape index (κ3) is 14.2. The van der Waals surface area contributed by atoms with E-state index >= 15 is 0 Å². The summed E-state index contributed by atoms with van der Waals surface area (Å²) in [6.07, 6.45) is -4.21. The molecule has 106 valence electrons. The zero-order valence-electron chi connectivity index (χ0n) is 9.74. The molecule has 0 saturated heterocycles. The van der Waals surface area contributed by atoms with Crippen LogP contribution in [-0.2, 0) is 9.63 Å². The van der Waals surface area contributed by atoms with E-state index in [1.54, 1.807) is 14.0 Å². The van der Waals surface area contributed by atoms with Gasteiger partial charge in [0.05, 0.1) is 0 Å². The minimum atomic E-state index is -5.08. The molecule has 0 unspecified atom stereocenters. The van der Waals surface area contributed by atoms with Gasteiger partial charge in [0.1, 0.15) is 0 Å². The van der Waals surface area contributed by atoms with Gasteiger partial charge in [-0.3, -0.25) is 4.84 Å². The van der Waals surface area contributed by atoms with Gasteiger partial charge in [0.25, 0.3) is 0 Å². The summed E-state index contributed by atoms with van der Waals surface area (Å²) in [5, 5.41) is 15.8. The number of hydrogen-bond donors (Lipinski definition) is 3. The molecule has 18 heavy (non-hydrogen) atoms. The van der Waals surface area contributed by atoms with Crippen molar-refractivity contribution in [1.29, 1.82) is 0 Å². The second-order valence-electron chi connectivity index (χ2n) is 2.58. The molecule has 1 amide bonds. The minimum absolute atomic E-state index is 0.529. The lowest BCUT2D eigenvalue weighted by Gasteiger charge is -2.00. The zero-order chi connectivity index (χ0) is 14.6. The lowest BCUT2D eigenvalue weighted by molar-refractivity contribution is -0.192. The van der Waals surface area contributed by atoms with Crippen molar-refractivity contribution in [2.24, 2.45) is 5.16 Å². The molecule has 0 bridgehead atoms. The van der Waals surface area contributed by atoms with Crippen molar-refractivity contribution in [3.8, 4) is 0 Å². The number of carbonyl (C=O) groups excluding carboxylic acids is 1. The largest absolute Gasteiger partial charge is 0.490 e. The van der Waals surface area contributed by atoms with E-state index < -0.39 is 18.2 Å². The molecule has 0 aliphatic rings. The first-order valence-electron chi connectivity index (χ1n) is 4.63. The maximum atomic E-state index is 10.6. The Morgan fingerprint density at radius 1 is 1.39 bits per heavy atom. The van der Waals surface area contributed by atoms with Gasteiger partial charge < -0.3 is 15.7 Å². The molecule has 0 rings (SSSR count). The van der Waals surface area contributed by atoms with Crippen molar-refractivity contribution in [3.63, 3.8) is 0 Å². The Kier molecular flexibility index (Phi) is 10.6. The Labute approximate surface area is 101 Å². The van der Waals surface area contributed by atoms with E-state index in [0.717, 1.165) is 0 Å². The van der Waals surface area contributed by atoms with Crippen LogP contribution in [0.1, 0.15) is 6.92 Å². The first-order valence-corrected chi connectivity index (χ1v) is 4.63. The van der Waals surface area contributed by atoms with Crippen LogP contribution in [0, 0.1) is 0 Å². The normalized spacial score (nSPS) is 10.5. The summed E-state index contributed by atoms with van der Waals surface area (Å²) in [5.74, 6) is -2.76. The Bertz CT molecular complexity index is 281. The SMILES string of the molecule is CC=NOC(=O)NCCNC.O=C(O)C(F)(F)F. The van der Waals surface area contributed by atoms with Crippen molar-refractivity contribution in [3.05, 3.63) is 0 Å². The Morgan fingerprint density at radius 2 is 1.89 bits per heavy atom. The van der Waals surface area contributed by atoms with E-state index in [1.165, 1.54) is 6.21 Å². The summed E-state index contributed by atoms with van der Waals surface area (Å²) in [6, 6.07) is 0. The third-order valence-electron chi connectivity index (χ3n) is 1.13. The second-order valence-corrected chi connectivity index (χ2v) is 2.58. The number of aliphatic carboxylic acids is 1. The number of alkyl halides is 3. The van der Waals surface area contributed by atoms with E-state index in [9.17, 15) is 18.0 Å². The molecular weight excluding hydrogens is 259 g/mol. The first-order chi connectivity index (χ1) is 8.25. The molecule has 10 heteroatoms. The predicted molar refractivity (Wildman–Crippen MR) is 56.3 cm³/mol. The average Bonchev–Trinajstić information content (AvgIpc) is 2.26. The van der Waals surface area contributed by atoms with Gasteiger partial charge in [-0.05, 0) is 14.0 Å². The van der Waals surface area contributed by atoms with Crippen molar-refractivity contribution in [2.45, 2.75) is 13.1 Å². The molecule has 0 radical (unpaired) electrons. The number of rotatable bonds is 4. The van der Waals surface area contributed by atoms with E-state index in [-0.39, 0.29) is 0 Å². The topological polar surface area (TPSA) is 100 Å². The van der Waals surface area contributed by atoms with Crippen molar-refractivity contribution in [2.75, 3.05) is 20.1 Å². The Morgan fingerprint density at radius 3 is 2.22 bits per heavy atom. The maximum absolute atomic E-state index is 10.6. The number of amides is 1. The van der Waals surface area contributed by atoms with Gasteiger partial charge in [0.15, 0.2) is 0 Å². The van der Waals surface area contributed by atoms with Gasteiger partial charge in [-0.25, -0.2) is 9.59 Å². The number of carboxylic acid groups (broad SMARTS) is 1. The molecule has 0 aromatic heterocycles. The van der Waals surface area contributed by atoms with Crippen LogP contribution in [-0.4, -0.2) is 49.7 Å². The molecule has 0 saturated carbocycles. The fourth-order valence-corrected chi connectivity index (χ4v) is 0.422. The fraction of sp³-hybridized carbons (Fsp3) is 0.625. The molecule has 0 aliphatic carbocycles. The molecule has 0 fully saturated rings. The average molecular weight is 273 g/mol. The summed E-state index contributed by atoms with van der Waals surface area (Å²) in [5.41, 5.74) is 0. The highest BCUT2D eigenvalue weighted by Gasteiger charge is 2.38. The highest BCUT2D eigenvalue weighted by molar-refractivity contribution is 5.73. The van der Waals surface area contributed by atoms with Crippen molar-refractivity contribution in [1.82, 2.24) is 10.6 Å². The molecule has 0 heterocycles. The van der Waals surface area contributed by atoms with E-state index in [0.29, 0.717) is 13.1 Å². The van der Waals surface area contributed by atoms with Crippen LogP contribution in [0.15, 0.2) is 5.16 Å². The molecule has 3 N–H and O–H groups in total. The number of hydrogen-bond acceptors (Lipinski definition) is 5. The Balaban J connectivity index is 0. The lowest BCUT2D eigenvalue weighted by Crippen LogP contribution is -2.29. The third-order valence-corrected chi connectivity index (χ3v) is 1.13. The van der Waals surface area contributed by atoms with Gasteiger partial charge in [0, 0.05) is 19.3 Å². The van der Waals surface area contributed by atoms with Gasteiger partial charge in [0.2, 0.25) is 0 Å². The number of nitrogens with one attached hydrogen (secondary N) is 2. The van der Waals surface area contributed by atoms with Crippen LogP contribution in [0.2, 0.25) is 0 Å². The predicted octanol–water partition coefficient (Wildman–Crippen LogP) is 0.571. The minimum Gasteiger partial charge on any atom is -0.475 e. The smallest absolute Gasteiger partial charge is 0.475 e. The summed E-state index contributed by atoms with van der Waals surface area (Å²) in [6.45, 7) is 2.92. The van der Waals surface area contributed by atoms with Crippen LogP contribution in [0.25, 0.3) is 0 Å². The standard InChI is InChI=1S/C6H13N3O2.C2HF3O2/c1-3-9-11-6(10)8-5-4-7-2;3-2(4,5)1(6)7/h3,7H,4-5H2,1-2H3,(H,8,10);(H,6,7). The molecule has 0 atom stereocenters. The number of halogens is 3. The fourth-order valence-electron chi connectivity index (χ4n) is 0.422. The number of carbonyl (C=O) groups is 2. The van der Waals surface area contributed by atoms with Crippen LogP contribution in [0.4, 0.5) is 18.0 Å². The molecule has 0 aromatic carbocycles. The first kappa shape index (κ1) is 18.5. The summed E-state index contributed by atoms with van der Waals surface area (Å²) < 4.78 is 31.7. The highest BCUT2D eigenvalue weighted by Crippen LogP contribution is 2.13. The van der Waals surface area contributed by atoms with Gasteiger partial charge in [-0.1, -0.05) is 5.16 Å². The number of carboxylic acids is 1. The summed E-state index contributed by atoms with van der Waals surface area (Å²) in [7, 11) is 1.80. The molecule has 0 aromatic rings. The summed E-state index contributed by atoms with van der Waals surface area (Å²) in [4.78, 5) is 23.8. The molecule has 7 nitrogen and oxygen atoms in total. The van der Waals surface area contributed by atoms with Gasteiger partial charge in [-0.15, -0.1) is 0 Å². The van der Waals surface area contributed by atoms with E-state index in [1.807, 2.05) is 0 Å². The van der Waals surface area contributed by atoms with E-state index in [4.69, 9.17) is 9.90 Å². The number of likely N-dealkylation sites (N-methyl/N-ethyl adjacent to an activating group) is 1. The molecular formula is C8H14F3N3O4. The van der Waals surface area contributed by atoms with Crippen LogP contribution in [0.3, 0.4) is 0 Å². The molecule has 0 spiro atoms. The lowest BCUT2D eigenvalue weighted by atomic mass is 10.6. The number of nitrogens with zero attached hydrogens (tertiary/aromatic N) is 1. The second kappa shape index (κ2) is 10.3.